The molecule has 0 aliphatic heterocycles. The first-order valence-corrected chi connectivity index (χ1v) is 8.46. The summed E-state index contributed by atoms with van der Waals surface area (Å²) in [5.74, 6) is 0. The van der Waals surface area contributed by atoms with Crippen LogP contribution in [-0.4, -0.2) is 5.11 Å². The fourth-order valence-electron chi connectivity index (χ4n) is 2.84. The van der Waals surface area contributed by atoms with Gasteiger partial charge in [0.2, 0.25) is 0 Å². The molecule has 0 saturated heterocycles. The van der Waals surface area contributed by atoms with Crippen molar-refractivity contribution in [3.8, 4) is 0 Å². The summed E-state index contributed by atoms with van der Waals surface area (Å²) >= 11 is 7.79. The summed E-state index contributed by atoms with van der Waals surface area (Å²) in [6.07, 6.45) is 6.50. The molecule has 2 aromatic rings. The van der Waals surface area contributed by atoms with Crippen LogP contribution in [0, 0.1) is 0 Å². The second-order valence-corrected chi connectivity index (χ2v) is 7.11. The topological polar surface area (TPSA) is 20.2 Å². The van der Waals surface area contributed by atoms with E-state index >= 15 is 0 Å². The van der Waals surface area contributed by atoms with Gasteiger partial charge in [-0.3, -0.25) is 0 Å². The molecule has 0 fully saturated rings. The van der Waals surface area contributed by atoms with Gasteiger partial charge in [-0.15, -0.1) is 11.3 Å². The van der Waals surface area contributed by atoms with E-state index in [0.717, 1.165) is 15.5 Å². The maximum atomic E-state index is 10.5. The van der Waals surface area contributed by atoms with Crippen molar-refractivity contribution in [2.45, 2.75) is 44.6 Å². The molecule has 20 heavy (non-hydrogen) atoms. The van der Waals surface area contributed by atoms with E-state index < -0.39 is 6.10 Å². The first-order chi connectivity index (χ1) is 9.72. The van der Waals surface area contributed by atoms with Gasteiger partial charge in [-0.2, -0.15) is 0 Å². The molecule has 0 saturated carbocycles. The highest BCUT2D eigenvalue weighted by atomic mass is 35.5. The maximum absolute atomic E-state index is 10.5. The Morgan fingerprint density at radius 1 is 1.15 bits per heavy atom. The molecule has 1 aliphatic carbocycles. The van der Waals surface area contributed by atoms with Crippen LogP contribution >= 0.6 is 22.9 Å². The Labute approximate surface area is 129 Å². The number of thiophene rings is 1. The summed E-state index contributed by atoms with van der Waals surface area (Å²) < 4.78 is 0. The van der Waals surface area contributed by atoms with E-state index in [1.165, 1.54) is 42.5 Å². The number of rotatable bonds is 3. The van der Waals surface area contributed by atoms with Crippen LogP contribution in [0.4, 0.5) is 0 Å². The third kappa shape index (κ3) is 3.25. The molecule has 0 bridgehead atoms. The normalized spacial score (nSPS) is 16.5. The van der Waals surface area contributed by atoms with Crippen molar-refractivity contribution in [2.75, 3.05) is 0 Å². The molecule has 1 heterocycles. The van der Waals surface area contributed by atoms with E-state index in [1.807, 2.05) is 24.3 Å². The lowest BCUT2D eigenvalue weighted by molar-refractivity contribution is 0.182. The lowest BCUT2D eigenvalue weighted by atomic mass is 10.1. The van der Waals surface area contributed by atoms with Crippen molar-refractivity contribution < 1.29 is 5.11 Å². The second kappa shape index (κ2) is 6.30. The van der Waals surface area contributed by atoms with Gasteiger partial charge >= 0.3 is 0 Å². The third-order valence-electron chi connectivity index (χ3n) is 3.91. The summed E-state index contributed by atoms with van der Waals surface area (Å²) in [7, 11) is 0. The Morgan fingerprint density at radius 2 is 2.00 bits per heavy atom. The maximum Gasteiger partial charge on any atom is 0.0922 e. The van der Waals surface area contributed by atoms with Crippen molar-refractivity contribution in [1.29, 1.82) is 0 Å². The van der Waals surface area contributed by atoms with E-state index in [0.29, 0.717) is 6.42 Å². The van der Waals surface area contributed by atoms with Gasteiger partial charge in [-0.1, -0.05) is 30.2 Å². The van der Waals surface area contributed by atoms with Crippen LogP contribution in [0.5, 0.6) is 0 Å². The predicted molar refractivity (Wildman–Crippen MR) is 85.7 cm³/mol. The molecule has 1 unspecified atom stereocenters. The number of benzene rings is 1. The molecule has 3 heteroatoms. The summed E-state index contributed by atoms with van der Waals surface area (Å²) in [5, 5.41) is 11.2. The minimum atomic E-state index is -0.412. The molecule has 1 nitrogen and oxygen atoms in total. The summed E-state index contributed by atoms with van der Waals surface area (Å²) in [5.41, 5.74) is 2.56. The van der Waals surface area contributed by atoms with Crippen LogP contribution in [0.2, 0.25) is 5.02 Å². The van der Waals surface area contributed by atoms with E-state index in [2.05, 4.69) is 6.07 Å². The van der Waals surface area contributed by atoms with Crippen molar-refractivity contribution in [1.82, 2.24) is 0 Å². The average molecular weight is 307 g/mol. The summed E-state index contributed by atoms with van der Waals surface area (Å²) in [6, 6.07) is 9.98. The quantitative estimate of drug-likeness (QED) is 0.796. The number of fused-ring (bicyclic) bond motifs is 1. The largest absolute Gasteiger partial charge is 0.387 e. The van der Waals surface area contributed by atoms with Crippen molar-refractivity contribution in [3.05, 3.63) is 56.2 Å². The summed E-state index contributed by atoms with van der Waals surface area (Å²) in [6.45, 7) is 0. The van der Waals surface area contributed by atoms with E-state index in [1.54, 1.807) is 11.3 Å². The Morgan fingerprint density at radius 3 is 2.85 bits per heavy atom. The van der Waals surface area contributed by atoms with Crippen molar-refractivity contribution >= 4 is 22.9 Å². The third-order valence-corrected chi connectivity index (χ3v) is 5.49. The van der Waals surface area contributed by atoms with E-state index in [4.69, 9.17) is 11.6 Å². The first-order valence-electron chi connectivity index (χ1n) is 7.26. The van der Waals surface area contributed by atoms with Gasteiger partial charge in [0.05, 0.1) is 6.10 Å². The predicted octanol–water partition coefficient (Wildman–Crippen LogP) is 4.95. The zero-order valence-corrected chi connectivity index (χ0v) is 13.0. The molecular formula is C17H19ClOS. The fourth-order valence-corrected chi connectivity index (χ4v) is 4.30. The van der Waals surface area contributed by atoms with Gasteiger partial charge in [0, 0.05) is 21.2 Å². The average Bonchev–Trinajstić information content (AvgIpc) is 2.70. The number of hydrogen-bond acceptors (Lipinski definition) is 2. The van der Waals surface area contributed by atoms with Gasteiger partial charge < -0.3 is 5.11 Å². The summed E-state index contributed by atoms with van der Waals surface area (Å²) in [4.78, 5) is 2.60. The van der Waals surface area contributed by atoms with Crippen LogP contribution in [0.1, 0.15) is 46.2 Å². The van der Waals surface area contributed by atoms with Crippen molar-refractivity contribution in [2.24, 2.45) is 0 Å². The van der Waals surface area contributed by atoms with Gasteiger partial charge in [-0.05, 0) is 55.0 Å². The molecule has 1 N–H and O–H groups in total. The molecular weight excluding hydrogens is 288 g/mol. The lowest BCUT2D eigenvalue weighted by Gasteiger charge is -2.09. The molecule has 1 atom stereocenters. The Bertz CT molecular complexity index is 567. The van der Waals surface area contributed by atoms with Gasteiger partial charge in [-0.25, -0.2) is 0 Å². The molecule has 0 radical (unpaired) electrons. The number of hydrogen-bond donors (Lipinski definition) is 1. The van der Waals surface area contributed by atoms with Crippen LogP contribution in [0.3, 0.4) is 0 Å². The number of aliphatic hydroxyl groups excluding tert-OH is 1. The zero-order valence-electron chi connectivity index (χ0n) is 11.4. The Balaban J connectivity index is 1.75. The first kappa shape index (κ1) is 14.1. The van der Waals surface area contributed by atoms with E-state index in [-0.39, 0.29) is 0 Å². The molecule has 106 valence electrons. The van der Waals surface area contributed by atoms with Crippen molar-refractivity contribution in [3.63, 3.8) is 0 Å². The van der Waals surface area contributed by atoms with Crippen LogP contribution in [0.25, 0.3) is 0 Å². The number of aliphatic hydroxyl groups is 1. The second-order valence-electron chi connectivity index (χ2n) is 5.51. The van der Waals surface area contributed by atoms with Crippen LogP contribution < -0.4 is 0 Å². The SMILES string of the molecule is OC(Cc1cccc(Cl)c1)c1cc2c(s1)CCCCC2. The number of aryl methyl sites for hydroxylation is 2. The molecule has 1 aromatic heterocycles. The van der Waals surface area contributed by atoms with Crippen LogP contribution in [-0.2, 0) is 19.3 Å². The Hall–Kier alpha value is -0.830. The van der Waals surface area contributed by atoms with Gasteiger partial charge in [0.25, 0.3) is 0 Å². The Kier molecular flexibility index (Phi) is 4.45. The minimum Gasteiger partial charge on any atom is -0.387 e. The molecule has 3 rings (SSSR count). The van der Waals surface area contributed by atoms with E-state index in [9.17, 15) is 5.11 Å². The highest BCUT2D eigenvalue weighted by molar-refractivity contribution is 7.12. The number of halogens is 1. The highest BCUT2D eigenvalue weighted by Gasteiger charge is 2.17. The van der Waals surface area contributed by atoms with Gasteiger partial charge in [0.1, 0.15) is 0 Å². The molecule has 0 amide bonds. The van der Waals surface area contributed by atoms with Gasteiger partial charge in [0.15, 0.2) is 0 Å². The zero-order chi connectivity index (χ0) is 13.9. The monoisotopic (exact) mass is 306 g/mol. The lowest BCUT2D eigenvalue weighted by Crippen LogP contribution is -1.99. The van der Waals surface area contributed by atoms with Crippen LogP contribution in [0.15, 0.2) is 30.3 Å². The molecule has 1 aromatic carbocycles. The minimum absolute atomic E-state index is 0.412. The smallest absolute Gasteiger partial charge is 0.0922 e. The fraction of sp³-hybridized carbons (Fsp3) is 0.412. The molecule has 1 aliphatic rings. The molecule has 0 spiro atoms. The standard InChI is InChI=1S/C17H19ClOS/c18-14-7-4-5-12(9-14)10-15(19)17-11-13-6-2-1-3-8-16(13)20-17/h4-5,7,9,11,15,19H,1-3,6,8,10H2. The highest BCUT2D eigenvalue weighted by Crippen LogP contribution is 2.33.